The summed E-state index contributed by atoms with van der Waals surface area (Å²) in [5.41, 5.74) is 1.27. The summed E-state index contributed by atoms with van der Waals surface area (Å²) < 4.78 is 5.29. The number of para-hydroxylation sites is 1. The number of methoxy groups -OCH3 is 1. The van der Waals surface area contributed by atoms with Crippen molar-refractivity contribution in [2.45, 2.75) is 6.23 Å². The van der Waals surface area contributed by atoms with E-state index in [1.54, 1.807) is 7.11 Å². The summed E-state index contributed by atoms with van der Waals surface area (Å²) >= 11 is 0. The normalized spacial score (nSPS) is 22.4. The van der Waals surface area contributed by atoms with Crippen molar-refractivity contribution in [1.29, 1.82) is 0 Å². The molecule has 1 heterocycles. The molecule has 76 valence electrons. The molecule has 0 amide bonds. The van der Waals surface area contributed by atoms with Gasteiger partial charge in [0.25, 0.3) is 0 Å². The maximum absolute atomic E-state index is 5.29. The molecule has 1 aromatic carbocycles. The lowest BCUT2D eigenvalue weighted by molar-refractivity contribution is 0.0706. The molecule has 1 unspecified atom stereocenters. The van der Waals surface area contributed by atoms with Crippen molar-refractivity contribution < 1.29 is 4.74 Å². The molecule has 3 heteroatoms. The lowest BCUT2D eigenvalue weighted by Crippen LogP contribution is -2.51. The summed E-state index contributed by atoms with van der Waals surface area (Å²) in [6.45, 7) is 2.94. The second-order valence-corrected chi connectivity index (χ2v) is 3.46. The zero-order valence-corrected chi connectivity index (χ0v) is 8.44. The predicted molar refractivity (Wildman–Crippen MR) is 57.5 cm³/mol. The molecule has 2 rings (SSSR count). The molecule has 0 bridgehead atoms. The Balaban J connectivity index is 2.04. The van der Waals surface area contributed by atoms with Gasteiger partial charge in [0, 0.05) is 25.9 Å². The summed E-state index contributed by atoms with van der Waals surface area (Å²) in [7, 11) is 1.74. The summed E-state index contributed by atoms with van der Waals surface area (Å²) in [5, 5.41) is 3.30. The van der Waals surface area contributed by atoms with Crippen LogP contribution < -0.4 is 10.2 Å². The number of piperazine rings is 1. The lowest BCUT2D eigenvalue weighted by atomic mass is 10.2. The smallest absolute Gasteiger partial charge is 0.125 e. The van der Waals surface area contributed by atoms with Crippen LogP contribution in [0, 0.1) is 0 Å². The summed E-state index contributed by atoms with van der Waals surface area (Å²) in [6.07, 6.45) is 0.156. The van der Waals surface area contributed by atoms with Crippen LogP contribution in [-0.2, 0) is 4.74 Å². The van der Waals surface area contributed by atoms with Crippen molar-refractivity contribution in [2.24, 2.45) is 0 Å². The van der Waals surface area contributed by atoms with Crippen LogP contribution in [0.15, 0.2) is 30.3 Å². The largest absolute Gasteiger partial charge is 0.366 e. The third kappa shape index (κ3) is 2.05. The van der Waals surface area contributed by atoms with Gasteiger partial charge in [0.15, 0.2) is 0 Å². The summed E-state index contributed by atoms with van der Waals surface area (Å²) in [5.74, 6) is 0. The number of ether oxygens (including phenoxy) is 1. The number of rotatable bonds is 2. The first-order valence-corrected chi connectivity index (χ1v) is 4.96. The molecule has 3 nitrogen and oxygen atoms in total. The third-order valence-electron chi connectivity index (χ3n) is 2.55. The lowest BCUT2D eigenvalue weighted by Gasteiger charge is -2.34. The Kier molecular flexibility index (Phi) is 3.01. The van der Waals surface area contributed by atoms with Gasteiger partial charge in [-0.2, -0.15) is 0 Å². The van der Waals surface area contributed by atoms with Crippen molar-refractivity contribution >= 4 is 5.69 Å². The van der Waals surface area contributed by atoms with Crippen LogP contribution in [-0.4, -0.2) is 33.0 Å². The molecular formula is C11H16N2O. The number of anilines is 1. The fraction of sp³-hybridized carbons (Fsp3) is 0.455. The second kappa shape index (κ2) is 4.44. The zero-order chi connectivity index (χ0) is 9.80. The maximum atomic E-state index is 5.29. The topological polar surface area (TPSA) is 24.5 Å². The summed E-state index contributed by atoms with van der Waals surface area (Å²) in [6, 6.07) is 10.5. The van der Waals surface area contributed by atoms with Crippen LogP contribution in [0.25, 0.3) is 0 Å². The number of nitrogens with one attached hydrogen (secondary N) is 1. The molecule has 1 atom stereocenters. The van der Waals surface area contributed by atoms with Crippen molar-refractivity contribution in [2.75, 3.05) is 31.6 Å². The molecule has 0 radical (unpaired) electrons. The predicted octanol–water partition coefficient (Wildman–Crippen LogP) is 1.07. The van der Waals surface area contributed by atoms with Crippen LogP contribution in [0.5, 0.6) is 0 Å². The SMILES string of the molecule is COC1CN(c2ccccc2)CCN1. The first-order chi connectivity index (χ1) is 6.90. The van der Waals surface area contributed by atoms with E-state index in [0.29, 0.717) is 0 Å². The maximum Gasteiger partial charge on any atom is 0.125 e. The molecule has 1 N–H and O–H groups in total. The Morgan fingerprint density at radius 3 is 2.86 bits per heavy atom. The van der Waals surface area contributed by atoms with Gasteiger partial charge in [-0.05, 0) is 12.1 Å². The fourth-order valence-electron chi connectivity index (χ4n) is 1.75. The van der Waals surface area contributed by atoms with E-state index in [1.807, 2.05) is 6.07 Å². The van der Waals surface area contributed by atoms with Gasteiger partial charge >= 0.3 is 0 Å². The van der Waals surface area contributed by atoms with E-state index >= 15 is 0 Å². The highest BCUT2D eigenvalue weighted by atomic mass is 16.5. The van der Waals surface area contributed by atoms with Gasteiger partial charge in [0.1, 0.15) is 6.23 Å². The molecule has 0 saturated carbocycles. The monoisotopic (exact) mass is 192 g/mol. The van der Waals surface area contributed by atoms with E-state index in [4.69, 9.17) is 4.74 Å². The van der Waals surface area contributed by atoms with E-state index in [9.17, 15) is 0 Å². The Morgan fingerprint density at radius 1 is 1.36 bits per heavy atom. The van der Waals surface area contributed by atoms with Gasteiger partial charge in [-0.1, -0.05) is 18.2 Å². The molecule has 1 aliphatic heterocycles. The van der Waals surface area contributed by atoms with Gasteiger partial charge in [0.05, 0.1) is 6.54 Å². The van der Waals surface area contributed by atoms with Crippen molar-refractivity contribution in [3.63, 3.8) is 0 Å². The zero-order valence-electron chi connectivity index (χ0n) is 8.44. The average molecular weight is 192 g/mol. The van der Waals surface area contributed by atoms with E-state index < -0.39 is 0 Å². The van der Waals surface area contributed by atoms with Crippen LogP contribution >= 0.6 is 0 Å². The third-order valence-corrected chi connectivity index (χ3v) is 2.55. The Morgan fingerprint density at radius 2 is 2.14 bits per heavy atom. The molecule has 1 fully saturated rings. The van der Waals surface area contributed by atoms with Gasteiger partial charge in [-0.25, -0.2) is 0 Å². The number of hydrogen-bond acceptors (Lipinski definition) is 3. The molecule has 0 spiro atoms. The Hall–Kier alpha value is -1.06. The van der Waals surface area contributed by atoms with E-state index in [0.717, 1.165) is 19.6 Å². The fourth-order valence-corrected chi connectivity index (χ4v) is 1.75. The van der Waals surface area contributed by atoms with Crippen LogP contribution in [0.4, 0.5) is 5.69 Å². The highest BCUT2D eigenvalue weighted by Crippen LogP contribution is 2.14. The molecular weight excluding hydrogens is 176 g/mol. The molecule has 1 aromatic rings. The van der Waals surface area contributed by atoms with Crippen molar-refractivity contribution in [3.05, 3.63) is 30.3 Å². The standard InChI is InChI=1S/C11H16N2O/c1-14-11-9-13(8-7-12-11)10-5-3-2-4-6-10/h2-6,11-12H,7-9H2,1H3. The van der Waals surface area contributed by atoms with Crippen molar-refractivity contribution in [3.8, 4) is 0 Å². The minimum atomic E-state index is 0.156. The van der Waals surface area contributed by atoms with E-state index in [1.165, 1.54) is 5.69 Å². The molecule has 14 heavy (non-hydrogen) atoms. The Bertz CT molecular complexity index is 276. The van der Waals surface area contributed by atoms with Gasteiger partial charge < -0.3 is 9.64 Å². The quantitative estimate of drug-likeness (QED) is 0.758. The van der Waals surface area contributed by atoms with E-state index in [2.05, 4.69) is 34.5 Å². The second-order valence-electron chi connectivity index (χ2n) is 3.46. The number of benzene rings is 1. The Labute approximate surface area is 84.7 Å². The van der Waals surface area contributed by atoms with Crippen LogP contribution in [0.3, 0.4) is 0 Å². The minimum absolute atomic E-state index is 0.156. The number of nitrogens with zero attached hydrogens (tertiary/aromatic N) is 1. The summed E-state index contributed by atoms with van der Waals surface area (Å²) in [4.78, 5) is 2.34. The highest BCUT2D eigenvalue weighted by molar-refractivity contribution is 5.46. The first-order valence-electron chi connectivity index (χ1n) is 4.96. The van der Waals surface area contributed by atoms with Crippen LogP contribution in [0.2, 0.25) is 0 Å². The highest BCUT2D eigenvalue weighted by Gasteiger charge is 2.18. The van der Waals surface area contributed by atoms with Crippen LogP contribution in [0.1, 0.15) is 0 Å². The minimum Gasteiger partial charge on any atom is -0.366 e. The molecule has 1 saturated heterocycles. The number of hydrogen-bond donors (Lipinski definition) is 1. The van der Waals surface area contributed by atoms with Gasteiger partial charge in [-0.3, -0.25) is 5.32 Å². The molecule has 0 aliphatic carbocycles. The van der Waals surface area contributed by atoms with E-state index in [-0.39, 0.29) is 6.23 Å². The van der Waals surface area contributed by atoms with Gasteiger partial charge in [0.2, 0.25) is 0 Å². The van der Waals surface area contributed by atoms with Crippen molar-refractivity contribution in [1.82, 2.24) is 5.32 Å². The molecule has 1 aliphatic rings. The molecule has 0 aromatic heterocycles. The first kappa shape index (κ1) is 9.49. The van der Waals surface area contributed by atoms with Gasteiger partial charge in [-0.15, -0.1) is 0 Å². The average Bonchev–Trinajstić information content (AvgIpc) is 2.30.